The van der Waals surface area contributed by atoms with Gasteiger partial charge in [0.05, 0.1) is 0 Å². The molecule has 3 aromatic rings. The second kappa shape index (κ2) is 4.97. The average Bonchev–Trinajstić information content (AvgIpc) is 3.09. The number of rotatable bonds is 3. The van der Waals surface area contributed by atoms with Gasteiger partial charge in [-0.2, -0.15) is 9.61 Å². The van der Waals surface area contributed by atoms with Crippen molar-refractivity contribution in [1.29, 1.82) is 0 Å². The highest BCUT2D eigenvalue weighted by atomic mass is 32.1. The van der Waals surface area contributed by atoms with Crippen molar-refractivity contribution in [2.75, 3.05) is 13.7 Å². The summed E-state index contributed by atoms with van der Waals surface area (Å²) >= 11 is 1.44. The molecular weight excluding hydrogens is 292 g/mol. The number of nitrogens with zero attached hydrogens (tertiary/aromatic N) is 4. The molecule has 4 rings (SSSR count). The fourth-order valence-electron chi connectivity index (χ4n) is 2.16. The molecule has 1 aliphatic heterocycles. The highest BCUT2D eigenvalue weighted by molar-refractivity contribution is 7.16. The summed E-state index contributed by atoms with van der Waals surface area (Å²) in [6, 6.07) is 7.61. The number of para-hydroxylation sites is 2. The number of hydrogen-bond donors (Lipinski definition) is 0. The van der Waals surface area contributed by atoms with E-state index in [1.165, 1.54) is 11.3 Å². The number of ether oxygens (including phenoxy) is 3. The quantitative estimate of drug-likeness (QED) is 0.735. The molecule has 0 unspecified atom stereocenters. The second-order valence-corrected chi connectivity index (χ2v) is 5.54. The van der Waals surface area contributed by atoms with Gasteiger partial charge in [-0.1, -0.05) is 23.5 Å². The fourth-order valence-corrected chi connectivity index (χ4v) is 3.03. The molecule has 8 heteroatoms. The predicted molar refractivity (Wildman–Crippen MR) is 74.7 cm³/mol. The number of aromatic nitrogens is 4. The summed E-state index contributed by atoms with van der Waals surface area (Å²) in [6.45, 7) is 0.802. The Morgan fingerprint density at radius 2 is 2.19 bits per heavy atom. The molecule has 0 N–H and O–H groups in total. The third-order valence-electron chi connectivity index (χ3n) is 3.13. The number of benzene rings is 1. The summed E-state index contributed by atoms with van der Waals surface area (Å²) in [5.74, 6) is 2.17. The lowest BCUT2D eigenvalue weighted by Gasteiger charge is -2.24. The number of fused-ring (bicyclic) bond motifs is 2. The van der Waals surface area contributed by atoms with Crippen molar-refractivity contribution in [2.24, 2.45) is 0 Å². The Balaban J connectivity index is 1.65. The Hall–Kier alpha value is -2.19. The van der Waals surface area contributed by atoms with Gasteiger partial charge in [0.2, 0.25) is 4.96 Å². The summed E-state index contributed by atoms with van der Waals surface area (Å²) < 4.78 is 18.4. The van der Waals surface area contributed by atoms with Gasteiger partial charge >= 0.3 is 0 Å². The largest absolute Gasteiger partial charge is 0.485 e. The standard InChI is InChI=1S/C13H12N4O3S/c1-18-7-11-14-15-13-17(11)16-12(21-13)10-6-19-8-4-2-3-5-9(8)20-10/h2-5,10H,6-7H2,1H3/t10-/m1/s1. The second-order valence-electron chi connectivity index (χ2n) is 4.55. The molecule has 3 heterocycles. The molecule has 0 fully saturated rings. The third-order valence-corrected chi connectivity index (χ3v) is 4.12. The van der Waals surface area contributed by atoms with Crippen LogP contribution >= 0.6 is 11.3 Å². The lowest BCUT2D eigenvalue weighted by Crippen LogP contribution is -2.21. The van der Waals surface area contributed by atoms with Gasteiger partial charge in [0.15, 0.2) is 28.4 Å². The summed E-state index contributed by atoms with van der Waals surface area (Å²) in [5, 5.41) is 13.4. The number of hydrogen-bond acceptors (Lipinski definition) is 7. The molecular formula is C13H12N4O3S. The first-order valence-electron chi connectivity index (χ1n) is 6.43. The van der Waals surface area contributed by atoms with E-state index in [1.807, 2.05) is 24.3 Å². The Labute approximate surface area is 124 Å². The van der Waals surface area contributed by atoms with Crippen molar-refractivity contribution < 1.29 is 14.2 Å². The van der Waals surface area contributed by atoms with Crippen molar-refractivity contribution in [3.05, 3.63) is 35.1 Å². The Kier molecular flexibility index (Phi) is 2.97. The van der Waals surface area contributed by atoms with Gasteiger partial charge in [-0.3, -0.25) is 0 Å². The maximum absolute atomic E-state index is 5.95. The first kappa shape index (κ1) is 12.5. The van der Waals surface area contributed by atoms with E-state index >= 15 is 0 Å². The Bertz CT molecular complexity index is 785. The van der Waals surface area contributed by atoms with Crippen molar-refractivity contribution in [3.8, 4) is 11.5 Å². The van der Waals surface area contributed by atoms with E-state index in [0.29, 0.717) is 19.0 Å². The van der Waals surface area contributed by atoms with E-state index in [9.17, 15) is 0 Å². The Morgan fingerprint density at radius 3 is 3.05 bits per heavy atom. The molecule has 7 nitrogen and oxygen atoms in total. The van der Waals surface area contributed by atoms with Crippen molar-refractivity contribution in [1.82, 2.24) is 19.8 Å². The first-order chi connectivity index (χ1) is 10.3. The van der Waals surface area contributed by atoms with E-state index in [4.69, 9.17) is 14.2 Å². The molecule has 0 saturated heterocycles. The van der Waals surface area contributed by atoms with Gasteiger partial charge in [-0.05, 0) is 12.1 Å². The molecule has 21 heavy (non-hydrogen) atoms. The minimum absolute atomic E-state index is 0.234. The van der Waals surface area contributed by atoms with Crippen LogP contribution in [-0.4, -0.2) is 33.5 Å². The Morgan fingerprint density at radius 1 is 1.33 bits per heavy atom. The van der Waals surface area contributed by atoms with Crippen LogP contribution in [0.15, 0.2) is 24.3 Å². The van der Waals surface area contributed by atoms with Gasteiger partial charge in [0, 0.05) is 7.11 Å². The van der Waals surface area contributed by atoms with E-state index < -0.39 is 0 Å². The predicted octanol–water partition coefficient (Wildman–Crippen LogP) is 1.84. The molecule has 0 amide bonds. The first-order valence-corrected chi connectivity index (χ1v) is 7.25. The third kappa shape index (κ3) is 2.12. The minimum atomic E-state index is -0.234. The van der Waals surface area contributed by atoms with Crippen LogP contribution in [0, 0.1) is 0 Å². The molecule has 0 spiro atoms. The van der Waals surface area contributed by atoms with Gasteiger partial charge in [-0.15, -0.1) is 10.2 Å². The van der Waals surface area contributed by atoms with Crippen LogP contribution < -0.4 is 9.47 Å². The summed E-state index contributed by atoms with van der Waals surface area (Å²) in [5.41, 5.74) is 0. The zero-order valence-electron chi connectivity index (χ0n) is 11.2. The SMILES string of the molecule is COCc1nnc2sc([C@H]3COc4ccccc4O3)nn12. The van der Waals surface area contributed by atoms with Crippen molar-refractivity contribution >= 4 is 16.3 Å². The molecule has 0 radical (unpaired) electrons. The van der Waals surface area contributed by atoms with Crippen molar-refractivity contribution in [3.63, 3.8) is 0 Å². The lowest BCUT2D eigenvalue weighted by molar-refractivity contribution is 0.0903. The summed E-state index contributed by atoms with van der Waals surface area (Å²) in [4.78, 5) is 0.722. The normalized spacial score (nSPS) is 17.3. The molecule has 0 saturated carbocycles. The van der Waals surface area contributed by atoms with E-state index in [-0.39, 0.29) is 6.10 Å². The highest BCUT2D eigenvalue weighted by Crippen LogP contribution is 2.36. The zero-order valence-corrected chi connectivity index (χ0v) is 12.0. The molecule has 1 atom stereocenters. The van der Waals surface area contributed by atoms with Crippen LogP contribution in [0.4, 0.5) is 0 Å². The van der Waals surface area contributed by atoms with Gasteiger partial charge in [-0.25, -0.2) is 0 Å². The van der Waals surface area contributed by atoms with Crippen molar-refractivity contribution in [2.45, 2.75) is 12.7 Å². The molecule has 108 valence electrons. The van der Waals surface area contributed by atoms with Crippen LogP contribution in [0.25, 0.3) is 4.96 Å². The smallest absolute Gasteiger partial charge is 0.234 e. The number of methoxy groups -OCH3 is 1. The molecule has 1 aromatic carbocycles. The zero-order chi connectivity index (χ0) is 14.2. The monoisotopic (exact) mass is 304 g/mol. The molecule has 0 bridgehead atoms. The molecule has 2 aromatic heterocycles. The van der Waals surface area contributed by atoms with E-state index in [0.717, 1.165) is 21.5 Å². The fraction of sp³-hybridized carbons (Fsp3) is 0.308. The van der Waals surface area contributed by atoms with Crippen LogP contribution in [0.3, 0.4) is 0 Å². The van der Waals surface area contributed by atoms with Crippen LogP contribution in [0.1, 0.15) is 16.9 Å². The molecule has 0 aliphatic carbocycles. The maximum atomic E-state index is 5.95. The minimum Gasteiger partial charge on any atom is -0.485 e. The van der Waals surface area contributed by atoms with E-state index in [1.54, 1.807) is 11.6 Å². The van der Waals surface area contributed by atoms with Gasteiger partial charge < -0.3 is 14.2 Å². The highest BCUT2D eigenvalue weighted by Gasteiger charge is 2.26. The topological polar surface area (TPSA) is 70.8 Å². The summed E-state index contributed by atoms with van der Waals surface area (Å²) in [7, 11) is 1.61. The molecule has 1 aliphatic rings. The average molecular weight is 304 g/mol. The van der Waals surface area contributed by atoms with E-state index in [2.05, 4.69) is 15.3 Å². The van der Waals surface area contributed by atoms with Crippen LogP contribution in [-0.2, 0) is 11.3 Å². The van der Waals surface area contributed by atoms with Crippen LogP contribution in [0.5, 0.6) is 11.5 Å². The summed E-state index contributed by atoms with van der Waals surface area (Å²) in [6.07, 6.45) is -0.234. The maximum Gasteiger partial charge on any atom is 0.234 e. The van der Waals surface area contributed by atoms with Gasteiger partial charge in [0.1, 0.15) is 13.2 Å². The van der Waals surface area contributed by atoms with Crippen LogP contribution in [0.2, 0.25) is 0 Å². The lowest BCUT2D eigenvalue weighted by atomic mass is 10.3. The van der Waals surface area contributed by atoms with Gasteiger partial charge in [0.25, 0.3) is 0 Å².